The first kappa shape index (κ1) is 20.8. The molecule has 4 aromatic rings. The van der Waals surface area contributed by atoms with Gasteiger partial charge < -0.3 is 10.1 Å². The normalized spacial score (nSPS) is 13.5. The van der Waals surface area contributed by atoms with E-state index >= 15 is 0 Å². The Kier molecular flexibility index (Phi) is 4.89. The van der Waals surface area contributed by atoms with Gasteiger partial charge in [0.25, 0.3) is 0 Å². The highest BCUT2D eigenvalue weighted by atomic mass is 16.5. The molecule has 0 aromatic heterocycles. The quantitative estimate of drug-likeness (QED) is 0.411. The Morgan fingerprint density at radius 1 is 0.771 bits per heavy atom. The summed E-state index contributed by atoms with van der Waals surface area (Å²) in [7, 11) is 0. The first-order valence-electron chi connectivity index (χ1n) is 11.3. The maximum Gasteiger partial charge on any atom is 0.200 e. The molecule has 6 rings (SSSR count). The van der Waals surface area contributed by atoms with Gasteiger partial charge in [-0.25, -0.2) is 4.99 Å². The van der Waals surface area contributed by atoms with Crippen LogP contribution in [0.4, 0.5) is 17.1 Å². The number of nitrogens with zero attached hydrogens (tertiary/aromatic N) is 1. The molecule has 5 nitrogen and oxygen atoms in total. The standard InChI is InChI=1S/C30H20N2O3/c1-18-28(33)16-24-25-15-19-7-5-6-10-23(19)30(34)29(25)27(17-26(24)31-18)32-20-11-13-22(14-12-20)35-21-8-3-2-4-9-21/h2-17,32H,1H3. The van der Waals surface area contributed by atoms with Crippen molar-refractivity contribution in [1.29, 1.82) is 0 Å². The SMILES string of the molecule is CC1=Nc2cc(Nc3ccc(Oc4ccccc4)cc3)c3c(c2=CC1=O)=Cc1ccccc1C3=O. The fourth-order valence-electron chi connectivity index (χ4n) is 4.42. The molecule has 0 amide bonds. The van der Waals surface area contributed by atoms with Crippen LogP contribution in [-0.2, 0) is 4.79 Å². The van der Waals surface area contributed by atoms with Gasteiger partial charge in [0.15, 0.2) is 11.6 Å². The number of hydrogen-bond donors (Lipinski definition) is 1. The highest BCUT2D eigenvalue weighted by molar-refractivity contribution is 6.51. The lowest BCUT2D eigenvalue weighted by molar-refractivity contribution is -0.107. The van der Waals surface area contributed by atoms with Crippen molar-refractivity contribution in [3.8, 4) is 11.5 Å². The van der Waals surface area contributed by atoms with Crippen molar-refractivity contribution in [2.24, 2.45) is 4.99 Å². The summed E-state index contributed by atoms with van der Waals surface area (Å²) in [6.07, 6.45) is 3.54. The van der Waals surface area contributed by atoms with Crippen LogP contribution in [0, 0.1) is 0 Å². The number of fused-ring (bicyclic) bond motifs is 4. The lowest BCUT2D eigenvalue weighted by Gasteiger charge is -2.20. The van der Waals surface area contributed by atoms with E-state index in [2.05, 4.69) is 10.3 Å². The number of aliphatic imine (C=N–C) groups is 1. The van der Waals surface area contributed by atoms with Crippen LogP contribution in [0.1, 0.15) is 28.4 Å². The maximum absolute atomic E-state index is 13.6. The predicted molar refractivity (Wildman–Crippen MR) is 138 cm³/mol. The van der Waals surface area contributed by atoms with Crippen molar-refractivity contribution in [2.45, 2.75) is 6.92 Å². The van der Waals surface area contributed by atoms with Crippen LogP contribution in [0.5, 0.6) is 11.5 Å². The Morgan fingerprint density at radius 2 is 1.49 bits per heavy atom. The number of rotatable bonds is 4. The summed E-state index contributed by atoms with van der Waals surface area (Å²) in [5.41, 5.74) is 4.53. The van der Waals surface area contributed by atoms with Gasteiger partial charge in [0.1, 0.15) is 11.5 Å². The van der Waals surface area contributed by atoms with E-state index in [1.54, 1.807) is 13.0 Å². The number of carbonyl (C=O) groups excluding carboxylic acids is 2. The molecule has 1 aliphatic heterocycles. The highest BCUT2D eigenvalue weighted by Gasteiger charge is 2.25. The topological polar surface area (TPSA) is 67.8 Å². The van der Waals surface area contributed by atoms with Crippen molar-refractivity contribution >= 4 is 46.5 Å². The third-order valence-corrected chi connectivity index (χ3v) is 6.15. The second-order valence-electron chi connectivity index (χ2n) is 8.48. The minimum absolute atomic E-state index is 0.0837. The van der Waals surface area contributed by atoms with E-state index in [-0.39, 0.29) is 11.6 Å². The maximum atomic E-state index is 13.6. The first-order chi connectivity index (χ1) is 17.1. The minimum Gasteiger partial charge on any atom is -0.457 e. The largest absolute Gasteiger partial charge is 0.457 e. The van der Waals surface area contributed by atoms with Crippen molar-refractivity contribution in [1.82, 2.24) is 0 Å². The van der Waals surface area contributed by atoms with E-state index in [4.69, 9.17) is 4.74 Å². The van der Waals surface area contributed by atoms with Crippen molar-refractivity contribution in [3.63, 3.8) is 0 Å². The molecule has 1 heterocycles. The Balaban J connectivity index is 1.45. The molecule has 168 valence electrons. The lowest BCUT2D eigenvalue weighted by atomic mass is 9.88. The van der Waals surface area contributed by atoms with E-state index < -0.39 is 0 Å². The summed E-state index contributed by atoms with van der Waals surface area (Å²) in [5, 5.41) is 4.78. The predicted octanol–water partition coefficient (Wildman–Crippen LogP) is 5.05. The third-order valence-electron chi connectivity index (χ3n) is 6.15. The molecule has 5 heteroatoms. The van der Waals surface area contributed by atoms with Gasteiger partial charge in [0.05, 0.1) is 22.6 Å². The summed E-state index contributed by atoms with van der Waals surface area (Å²) >= 11 is 0. The second kappa shape index (κ2) is 8.22. The molecule has 35 heavy (non-hydrogen) atoms. The summed E-state index contributed by atoms with van der Waals surface area (Å²) in [6, 6.07) is 26.5. The van der Waals surface area contributed by atoms with E-state index in [9.17, 15) is 9.59 Å². The zero-order chi connectivity index (χ0) is 23.9. The molecule has 4 aromatic carbocycles. The average molecular weight is 457 g/mol. The van der Waals surface area contributed by atoms with Crippen molar-refractivity contribution in [2.75, 3.05) is 5.32 Å². The number of para-hydroxylation sites is 1. The van der Waals surface area contributed by atoms with Gasteiger partial charge in [-0.05, 0) is 72.3 Å². The fraction of sp³-hybridized carbons (Fsp3) is 0.0333. The minimum atomic E-state index is -0.144. The molecule has 0 bridgehead atoms. The smallest absolute Gasteiger partial charge is 0.200 e. The van der Waals surface area contributed by atoms with E-state index in [1.165, 1.54) is 0 Å². The molecule has 0 radical (unpaired) electrons. The zero-order valence-corrected chi connectivity index (χ0v) is 18.9. The highest BCUT2D eigenvalue weighted by Crippen LogP contribution is 2.29. The van der Waals surface area contributed by atoms with Crippen molar-refractivity contribution in [3.05, 3.63) is 112 Å². The van der Waals surface area contributed by atoms with Crippen molar-refractivity contribution < 1.29 is 14.3 Å². The number of benzene rings is 4. The zero-order valence-electron chi connectivity index (χ0n) is 18.9. The Hall–Kier alpha value is -4.77. The number of carbonyl (C=O) groups is 2. The molecule has 2 aliphatic rings. The Labute approximate surface area is 201 Å². The first-order valence-corrected chi connectivity index (χ1v) is 11.3. The lowest BCUT2D eigenvalue weighted by Crippen LogP contribution is -2.38. The molecule has 0 unspecified atom stereocenters. The van der Waals surface area contributed by atoms with Gasteiger partial charge in [0, 0.05) is 16.5 Å². The molecule has 0 spiro atoms. The van der Waals surface area contributed by atoms with Crippen LogP contribution in [0.15, 0.2) is 89.9 Å². The summed E-state index contributed by atoms with van der Waals surface area (Å²) < 4.78 is 5.89. The number of hydrogen-bond acceptors (Lipinski definition) is 5. The number of Topliss-reactive ketones (excluding diaryl/α,β-unsaturated/α-hetero) is 1. The van der Waals surface area contributed by atoms with Gasteiger partial charge in [-0.2, -0.15) is 0 Å². The van der Waals surface area contributed by atoms with Gasteiger partial charge in [-0.3, -0.25) is 9.59 Å². The summed E-state index contributed by atoms with van der Waals surface area (Å²) in [6.45, 7) is 1.70. The number of ketones is 2. The van der Waals surface area contributed by atoms with Gasteiger partial charge >= 0.3 is 0 Å². The fourth-order valence-corrected chi connectivity index (χ4v) is 4.42. The molecular formula is C30H20N2O3. The Morgan fingerprint density at radius 3 is 2.29 bits per heavy atom. The van der Waals surface area contributed by atoms with Crippen LogP contribution in [-0.4, -0.2) is 17.3 Å². The average Bonchev–Trinajstić information content (AvgIpc) is 2.87. The van der Waals surface area contributed by atoms with Gasteiger partial charge in [-0.15, -0.1) is 0 Å². The summed E-state index contributed by atoms with van der Waals surface area (Å²) in [4.78, 5) is 30.5. The van der Waals surface area contributed by atoms with Crippen LogP contribution >= 0.6 is 0 Å². The summed E-state index contributed by atoms with van der Waals surface area (Å²) in [5.74, 6) is 1.24. The molecule has 0 fully saturated rings. The number of anilines is 2. The number of nitrogens with one attached hydrogen (secondary N) is 1. The second-order valence-corrected chi connectivity index (χ2v) is 8.48. The van der Waals surface area contributed by atoms with Crippen LogP contribution in [0.3, 0.4) is 0 Å². The van der Waals surface area contributed by atoms with Crippen LogP contribution in [0.2, 0.25) is 0 Å². The van der Waals surface area contributed by atoms with Crippen LogP contribution < -0.4 is 20.5 Å². The van der Waals surface area contributed by atoms with Gasteiger partial charge in [-0.1, -0.05) is 42.5 Å². The molecule has 0 atom stereocenters. The van der Waals surface area contributed by atoms with E-state index in [0.717, 1.165) is 17.0 Å². The molecular weight excluding hydrogens is 436 g/mol. The molecule has 0 saturated heterocycles. The molecule has 1 N–H and O–H groups in total. The van der Waals surface area contributed by atoms with E-state index in [1.807, 2.05) is 91.0 Å². The Bertz CT molecular complexity index is 1670. The van der Waals surface area contributed by atoms with E-state index in [0.29, 0.717) is 44.4 Å². The monoisotopic (exact) mass is 456 g/mol. The molecule has 0 saturated carbocycles. The number of ether oxygens (including phenoxy) is 1. The van der Waals surface area contributed by atoms with Gasteiger partial charge in [0.2, 0.25) is 0 Å². The van der Waals surface area contributed by atoms with Crippen LogP contribution in [0.25, 0.3) is 12.2 Å². The third kappa shape index (κ3) is 3.73. The molecule has 1 aliphatic carbocycles.